The number of nitro benzene ring substituents is 1. The summed E-state index contributed by atoms with van der Waals surface area (Å²) < 4.78 is 1.69. The Hall–Kier alpha value is -4.01. The normalized spacial score (nSPS) is 10.9. The molecule has 9 nitrogen and oxygen atoms in total. The second-order valence-electron chi connectivity index (χ2n) is 6.33. The van der Waals surface area contributed by atoms with Crippen LogP contribution in [-0.4, -0.2) is 30.8 Å². The van der Waals surface area contributed by atoms with Crippen LogP contribution in [-0.2, 0) is 6.54 Å². The summed E-state index contributed by atoms with van der Waals surface area (Å²) in [6, 6.07) is 15.7. The molecule has 2 aromatic heterocycles. The quantitative estimate of drug-likeness (QED) is 0.409. The molecule has 0 bridgehead atoms. The second kappa shape index (κ2) is 6.95. The Bertz CT molecular complexity index is 1180. The highest BCUT2D eigenvalue weighted by atomic mass is 16.6. The lowest BCUT2D eigenvalue weighted by atomic mass is 10.2. The van der Waals surface area contributed by atoms with Gasteiger partial charge in [0.2, 0.25) is 0 Å². The minimum atomic E-state index is -0.508. The van der Waals surface area contributed by atoms with E-state index >= 15 is 0 Å². The second-order valence-corrected chi connectivity index (χ2v) is 6.33. The molecule has 0 aliphatic heterocycles. The highest BCUT2D eigenvalue weighted by Gasteiger charge is 2.19. The van der Waals surface area contributed by atoms with Gasteiger partial charge in [0.05, 0.1) is 22.7 Å². The van der Waals surface area contributed by atoms with Gasteiger partial charge < -0.3 is 5.32 Å². The lowest BCUT2D eigenvalue weighted by Crippen LogP contribution is -2.17. The zero-order chi connectivity index (χ0) is 19.7. The number of amides is 1. The number of rotatable bonds is 5. The Labute approximate surface area is 159 Å². The van der Waals surface area contributed by atoms with Crippen molar-refractivity contribution in [1.82, 2.24) is 20.0 Å². The summed E-state index contributed by atoms with van der Waals surface area (Å²) in [5.41, 5.74) is 2.33. The van der Waals surface area contributed by atoms with E-state index in [9.17, 15) is 14.9 Å². The predicted molar refractivity (Wildman–Crippen MR) is 103 cm³/mol. The van der Waals surface area contributed by atoms with Crippen LogP contribution in [0.5, 0.6) is 0 Å². The molecule has 4 aromatic rings. The van der Waals surface area contributed by atoms with Crippen molar-refractivity contribution in [2.75, 3.05) is 5.32 Å². The molecular weight excluding hydrogens is 360 g/mol. The number of nitrogens with zero attached hydrogens (tertiary/aromatic N) is 4. The molecule has 0 saturated carbocycles. The van der Waals surface area contributed by atoms with Crippen LogP contribution in [0.15, 0.2) is 54.6 Å². The fourth-order valence-corrected chi connectivity index (χ4v) is 2.99. The third-order valence-electron chi connectivity index (χ3n) is 4.29. The van der Waals surface area contributed by atoms with E-state index in [4.69, 9.17) is 0 Å². The molecule has 4 rings (SSSR count). The molecule has 140 valence electrons. The van der Waals surface area contributed by atoms with E-state index in [-0.39, 0.29) is 11.4 Å². The number of nitrogens with one attached hydrogen (secondary N) is 2. The van der Waals surface area contributed by atoms with Gasteiger partial charge >= 0.3 is 0 Å². The first-order valence-corrected chi connectivity index (χ1v) is 8.53. The van der Waals surface area contributed by atoms with Gasteiger partial charge in [-0.2, -0.15) is 10.2 Å². The van der Waals surface area contributed by atoms with Crippen LogP contribution in [0, 0.1) is 17.0 Å². The number of non-ortho nitro benzene ring substituents is 1. The topological polar surface area (TPSA) is 119 Å². The molecule has 2 aromatic carbocycles. The number of aromatic amines is 1. The van der Waals surface area contributed by atoms with Crippen molar-refractivity contribution in [3.63, 3.8) is 0 Å². The smallest absolute Gasteiger partial charge is 0.277 e. The minimum absolute atomic E-state index is 0.0869. The molecule has 2 N–H and O–H groups in total. The van der Waals surface area contributed by atoms with E-state index in [1.165, 1.54) is 18.2 Å². The van der Waals surface area contributed by atoms with Crippen LogP contribution in [0.3, 0.4) is 0 Å². The maximum Gasteiger partial charge on any atom is 0.277 e. The number of carbonyl (C=O) groups excluding carboxylic acids is 1. The number of aryl methyl sites for hydroxylation is 1. The largest absolute Gasteiger partial charge is 0.305 e. The van der Waals surface area contributed by atoms with Crippen LogP contribution in [0.25, 0.3) is 10.9 Å². The van der Waals surface area contributed by atoms with Crippen LogP contribution in [0.2, 0.25) is 0 Å². The van der Waals surface area contributed by atoms with Crippen LogP contribution < -0.4 is 5.32 Å². The van der Waals surface area contributed by atoms with E-state index in [0.717, 1.165) is 11.3 Å². The maximum absolute atomic E-state index is 12.8. The van der Waals surface area contributed by atoms with E-state index in [2.05, 4.69) is 20.6 Å². The number of benzene rings is 2. The molecule has 9 heteroatoms. The molecule has 0 spiro atoms. The van der Waals surface area contributed by atoms with Crippen molar-refractivity contribution in [3.8, 4) is 0 Å². The van der Waals surface area contributed by atoms with Gasteiger partial charge in [-0.1, -0.05) is 30.3 Å². The van der Waals surface area contributed by atoms with Gasteiger partial charge in [0.25, 0.3) is 11.6 Å². The number of hydrogen-bond acceptors (Lipinski definition) is 5. The number of anilines is 1. The van der Waals surface area contributed by atoms with Crippen LogP contribution in [0.1, 0.15) is 21.7 Å². The number of hydrogen-bond donors (Lipinski definition) is 2. The van der Waals surface area contributed by atoms with Gasteiger partial charge in [0, 0.05) is 23.6 Å². The Morgan fingerprint density at radius 3 is 2.75 bits per heavy atom. The Morgan fingerprint density at radius 2 is 2.00 bits per heavy atom. The van der Waals surface area contributed by atoms with Crippen molar-refractivity contribution >= 4 is 28.3 Å². The maximum atomic E-state index is 12.8. The summed E-state index contributed by atoms with van der Waals surface area (Å²) in [4.78, 5) is 23.3. The molecule has 28 heavy (non-hydrogen) atoms. The number of aromatic nitrogens is 4. The number of nitro groups is 1. The van der Waals surface area contributed by atoms with Gasteiger partial charge in [-0.3, -0.25) is 20.0 Å². The first-order chi connectivity index (χ1) is 13.5. The van der Waals surface area contributed by atoms with Crippen molar-refractivity contribution in [3.05, 3.63) is 81.7 Å². The van der Waals surface area contributed by atoms with E-state index in [1.807, 2.05) is 37.3 Å². The molecule has 1 amide bonds. The van der Waals surface area contributed by atoms with Gasteiger partial charge in [-0.25, -0.2) is 4.68 Å². The average molecular weight is 376 g/mol. The van der Waals surface area contributed by atoms with Gasteiger partial charge in [0.15, 0.2) is 5.69 Å². The lowest BCUT2D eigenvalue weighted by Gasteiger charge is -2.08. The van der Waals surface area contributed by atoms with Crippen LogP contribution in [0.4, 0.5) is 11.5 Å². The zero-order valence-corrected chi connectivity index (χ0v) is 14.9. The molecule has 0 fully saturated rings. The Kier molecular flexibility index (Phi) is 4.32. The fourth-order valence-electron chi connectivity index (χ4n) is 2.99. The summed E-state index contributed by atoms with van der Waals surface area (Å²) in [6.45, 7) is 2.33. The summed E-state index contributed by atoms with van der Waals surface area (Å²) in [5, 5.41) is 25.4. The highest BCUT2D eigenvalue weighted by Crippen LogP contribution is 2.23. The van der Waals surface area contributed by atoms with E-state index in [1.54, 1.807) is 10.7 Å². The molecular formula is C19H16N6O3. The first-order valence-electron chi connectivity index (χ1n) is 8.53. The van der Waals surface area contributed by atoms with Crippen molar-refractivity contribution in [1.29, 1.82) is 0 Å². The van der Waals surface area contributed by atoms with Gasteiger partial charge in [-0.15, -0.1) is 0 Å². The number of fused-ring (bicyclic) bond motifs is 1. The zero-order valence-electron chi connectivity index (χ0n) is 14.9. The monoisotopic (exact) mass is 376 g/mol. The Balaban J connectivity index is 1.63. The third-order valence-corrected chi connectivity index (χ3v) is 4.29. The highest BCUT2D eigenvalue weighted by molar-refractivity contribution is 6.11. The van der Waals surface area contributed by atoms with E-state index in [0.29, 0.717) is 23.3 Å². The van der Waals surface area contributed by atoms with Crippen molar-refractivity contribution < 1.29 is 9.72 Å². The summed E-state index contributed by atoms with van der Waals surface area (Å²) in [7, 11) is 0. The molecule has 0 unspecified atom stereocenters. The Morgan fingerprint density at radius 1 is 1.21 bits per heavy atom. The predicted octanol–water partition coefficient (Wildman–Crippen LogP) is 3.28. The van der Waals surface area contributed by atoms with Crippen LogP contribution >= 0.6 is 0 Å². The molecule has 0 atom stereocenters. The van der Waals surface area contributed by atoms with Crippen molar-refractivity contribution in [2.24, 2.45) is 0 Å². The minimum Gasteiger partial charge on any atom is -0.305 e. The lowest BCUT2D eigenvalue weighted by molar-refractivity contribution is -0.384. The number of carbonyl (C=O) groups is 1. The number of H-pyrrole nitrogens is 1. The third kappa shape index (κ3) is 3.32. The van der Waals surface area contributed by atoms with Gasteiger partial charge in [0.1, 0.15) is 5.82 Å². The first kappa shape index (κ1) is 17.4. The summed E-state index contributed by atoms with van der Waals surface area (Å²) in [6.07, 6.45) is 0. The molecule has 0 saturated heterocycles. The van der Waals surface area contributed by atoms with Crippen molar-refractivity contribution in [2.45, 2.75) is 13.5 Å². The van der Waals surface area contributed by atoms with E-state index < -0.39 is 10.8 Å². The summed E-state index contributed by atoms with van der Waals surface area (Å²) in [5.74, 6) is 0.0499. The SMILES string of the molecule is Cc1cc(NC(=O)c2n[nH]c3ccc([N+](=O)[O-])cc23)n(Cc2ccccc2)n1. The fraction of sp³-hybridized carbons (Fsp3) is 0.105. The molecule has 0 radical (unpaired) electrons. The van der Waals surface area contributed by atoms with Gasteiger partial charge in [-0.05, 0) is 18.6 Å². The molecule has 0 aliphatic rings. The molecule has 0 aliphatic carbocycles. The standard InChI is InChI=1S/C19H16N6O3/c1-12-9-17(24(23-12)11-13-5-3-2-4-6-13)20-19(26)18-15-10-14(25(27)28)7-8-16(15)21-22-18/h2-10H,11H2,1H3,(H,20,26)(H,21,22). The molecule has 2 heterocycles. The average Bonchev–Trinajstić information content (AvgIpc) is 3.25. The summed E-state index contributed by atoms with van der Waals surface area (Å²) >= 11 is 0.